The molecule has 0 unspecified atom stereocenters. The largest absolute Gasteiger partial charge is 0.497 e. The average molecular weight is 416 g/mol. The topological polar surface area (TPSA) is 45.3 Å². The number of carbonyl (C=O) groups is 1. The Hall–Kier alpha value is -2.54. The number of halogens is 2. The number of nitrogens with one attached hydrogen (secondary N) is 1. The van der Waals surface area contributed by atoms with Gasteiger partial charge in [0.25, 0.3) is 11.7 Å². The lowest BCUT2D eigenvalue weighted by atomic mass is 9.89. The molecule has 152 valence electrons. The maximum absolute atomic E-state index is 12.8. The highest BCUT2D eigenvalue weighted by Crippen LogP contribution is 2.35. The Kier molecular flexibility index (Phi) is 5.76. The number of hydrogen-bond acceptors (Lipinski definition) is 3. The first-order valence-corrected chi connectivity index (χ1v) is 10.4. The van der Waals surface area contributed by atoms with Gasteiger partial charge in [0.05, 0.1) is 7.11 Å². The van der Waals surface area contributed by atoms with Gasteiger partial charge in [0, 0.05) is 40.6 Å². The molecule has 1 aliphatic heterocycles. The second kappa shape index (κ2) is 8.45. The molecule has 0 atom stereocenters. The lowest BCUT2D eigenvalue weighted by Crippen LogP contribution is -2.37. The number of carbonyl (C=O) groups excluding carboxylic acids is 1. The molecule has 1 aromatic heterocycles. The third-order valence-electron chi connectivity index (χ3n) is 5.47. The smallest absolute Gasteiger partial charge is 0.288 e. The molecule has 2 aromatic carbocycles. The van der Waals surface area contributed by atoms with Crippen LogP contribution in [0.15, 0.2) is 53.6 Å². The lowest BCUT2D eigenvalue weighted by Gasteiger charge is -2.32. The van der Waals surface area contributed by atoms with Crippen molar-refractivity contribution in [2.45, 2.75) is 29.4 Å². The molecule has 0 saturated carbocycles. The summed E-state index contributed by atoms with van der Waals surface area (Å²) in [6.45, 7) is 1.35. The summed E-state index contributed by atoms with van der Waals surface area (Å²) < 4.78 is 30.2. The fourth-order valence-electron chi connectivity index (χ4n) is 3.94. The van der Waals surface area contributed by atoms with Crippen LogP contribution in [0, 0.1) is 0 Å². The molecule has 1 fully saturated rings. The maximum atomic E-state index is 12.8. The van der Waals surface area contributed by atoms with Crippen LogP contribution in [0.25, 0.3) is 10.9 Å². The Bertz CT molecular complexity index is 996. The van der Waals surface area contributed by atoms with Gasteiger partial charge in [-0.2, -0.15) is 8.78 Å². The molecule has 0 radical (unpaired) electrons. The van der Waals surface area contributed by atoms with Gasteiger partial charge in [0.2, 0.25) is 0 Å². The molecule has 1 N–H and O–H groups in total. The molecule has 7 heteroatoms. The van der Waals surface area contributed by atoms with Gasteiger partial charge in [0.15, 0.2) is 0 Å². The SMILES string of the molecule is COc1ccc2[nH]cc(C3CCN(C(=O)c4ccc(SC(F)F)cc4)CC3)c2c1. The Balaban J connectivity index is 1.42. The van der Waals surface area contributed by atoms with E-state index in [4.69, 9.17) is 4.74 Å². The predicted octanol–water partition coefficient (Wildman–Crippen LogP) is 5.51. The van der Waals surface area contributed by atoms with Crippen LogP contribution in [-0.2, 0) is 0 Å². The number of aromatic nitrogens is 1. The van der Waals surface area contributed by atoms with E-state index in [9.17, 15) is 13.6 Å². The summed E-state index contributed by atoms with van der Waals surface area (Å²) >= 11 is 0.486. The lowest BCUT2D eigenvalue weighted by molar-refractivity contribution is 0.0713. The van der Waals surface area contributed by atoms with Crippen molar-refractivity contribution in [3.8, 4) is 5.75 Å². The van der Waals surface area contributed by atoms with Crippen molar-refractivity contribution in [1.82, 2.24) is 9.88 Å². The standard InChI is InChI=1S/C22H22F2N2O2S/c1-28-16-4-7-20-18(12-16)19(13-25-20)14-8-10-26(11-9-14)21(27)15-2-5-17(6-3-15)29-22(23)24/h2-7,12-14,22,25H,8-11H2,1H3. The first-order valence-electron chi connectivity index (χ1n) is 9.54. The molecule has 4 rings (SSSR count). The van der Waals surface area contributed by atoms with Gasteiger partial charge in [0.1, 0.15) is 5.75 Å². The van der Waals surface area contributed by atoms with Crippen LogP contribution in [0.1, 0.15) is 34.7 Å². The third kappa shape index (κ3) is 4.24. The number of rotatable bonds is 5. The number of likely N-dealkylation sites (tertiary alicyclic amines) is 1. The Morgan fingerprint density at radius 3 is 2.55 bits per heavy atom. The normalized spacial score (nSPS) is 15.2. The minimum atomic E-state index is -2.46. The van der Waals surface area contributed by atoms with Crippen LogP contribution in [0.5, 0.6) is 5.75 Å². The molecular weight excluding hydrogens is 394 g/mol. The van der Waals surface area contributed by atoms with E-state index < -0.39 is 5.76 Å². The molecule has 29 heavy (non-hydrogen) atoms. The number of ether oxygens (including phenoxy) is 1. The van der Waals surface area contributed by atoms with Gasteiger partial charge in [-0.3, -0.25) is 4.79 Å². The number of hydrogen-bond donors (Lipinski definition) is 1. The average Bonchev–Trinajstić information content (AvgIpc) is 3.16. The van der Waals surface area contributed by atoms with E-state index in [1.54, 1.807) is 31.4 Å². The summed E-state index contributed by atoms with van der Waals surface area (Å²) in [4.78, 5) is 18.4. The van der Waals surface area contributed by atoms with Crippen molar-refractivity contribution in [1.29, 1.82) is 0 Å². The molecule has 0 bridgehead atoms. The molecule has 0 spiro atoms. The number of nitrogens with zero attached hydrogens (tertiary/aromatic N) is 1. The first kappa shape index (κ1) is 19.8. The number of aromatic amines is 1. The van der Waals surface area contributed by atoms with Crippen molar-refractivity contribution >= 4 is 28.6 Å². The zero-order chi connectivity index (χ0) is 20.4. The minimum Gasteiger partial charge on any atom is -0.497 e. The highest BCUT2D eigenvalue weighted by Gasteiger charge is 2.26. The zero-order valence-electron chi connectivity index (χ0n) is 16.0. The van der Waals surface area contributed by atoms with E-state index >= 15 is 0 Å². The molecule has 2 heterocycles. The summed E-state index contributed by atoms with van der Waals surface area (Å²) in [6.07, 6.45) is 3.83. The summed E-state index contributed by atoms with van der Waals surface area (Å²) in [5, 5.41) is 1.17. The second-order valence-electron chi connectivity index (χ2n) is 7.12. The van der Waals surface area contributed by atoms with E-state index in [-0.39, 0.29) is 5.91 Å². The second-order valence-corrected chi connectivity index (χ2v) is 8.19. The summed E-state index contributed by atoms with van der Waals surface area (Å²) in [5.74, 6) is -1.29. The fraction of sp³-hybridized carbons (Fsp3) is 0.318. The van der Waals surface area contributed by atoms with Gasteiger partial charge in [-0.05, 0) is 66.8 Å². The number of piperidine rings is 1. The van der Waals surface area contributed by atoms with Gasteiger partial charge >= 0.3 is 0 Å². The number of methoxy groups -OCH3 is 1. The molecule has 4 nitrogen and oxygen atoms in total. The number of benzene rings is 2. The van der Waals surface area contributed by atoms with Gasteiger partial charge in [-0.25, -0.2) is 0 Å². The molecule has 1 saturated heterocycles. The predicted molar refractivity (Wildman–Crippen MR) is 111 cm³/mol. The minimum absolute atomic E-state index is 0.0438. The van der Waals surface area contributed by atoms with Gasteiger partial charge in [-0.15, -0.1) is 0 Å². The van der Waals surface area contributed by atoms with Gasteiger partial charge in [-0.1, -0.05) is 11.8 Å². The number of H-pyrrole nitrogens is 1. The molecular formula is C22H22F2N2O2S. The third-order valence-corrected chi connectivity index (χ3v) is 6.19. The molecule has 0 aliphatic carbocycles. The Morgan fingerprint density at radius 2 is 1.90 bits per heavy atom. The van der Waals surface area contributed by atoms with Crippen LogP contribution >= 0.6 is 11.8 Å². The van der Waals surface area contributed by atoms with Crippen molar-refractivity contribution < 1.29 is 18.3 Å². The van der Waals surface area contributed by atoms with Crippen LogP contribution in [0.3, 0.4) is 0 Å². The fourth-order valence-corrected chi connectivity index (χ4v) is 4.44. The van der Waals surface area contributed by atoms with Crippen molar-refractivity contribution in [2.24, 2.45) is 0 Å². The molecule has 1 aliphatic rings. The monoisotopic (exact) mass is 416 g/mol. The van der Waals surface area contributed by atoms with Crippen LogP contribution in [-0.4, -0.2) is 41.7 Å². The van der Waals surface area contributed by atoms with E-state index in [1.807, 2.05) is 17.0 Å². The number of fused-ring (bicyclic) bond motifs is 1. The number of thioether (sulfide) groups is 1. The Labute approximate surface area is 172 Å². The Morgan fingerprint density at radius 1 is 1.17 bits per heavy atom. The van der Waals surface area contributed by atoms with E-state index in [0.29, 0.717) is 41.2 Å². The summed E-state index contributed by atoms with van der Waals surface area (Å²) in [6, 6.07) is 12.4. The van der Waals surface area contributed by atoms with Crippen LogP contribution in [0.4, 0.5) is 8.78 Å². The quantitative estimate of drug-likeness (QED) is 0.558. The van der Waals surface area contributed by atoms with Crippen LogP contribution in [0.2, 0.25) is 0 Å². The zero-order valence-corrected chi connectivity index (χ0v) is 16.8. The van der Waals surface area contributed by atoms with E-state index in [0.717, 1.165) is 24.1 Å². The summed E-state index contributed by atoms with van der Waals surface area (Å²) in [7, 11) is 1.66. The highest BCUT2D eigenvalue weighted by molar-refractivity contribution is 7.99. The number of alkyl halides is 2. The number of amides is 1. The maximum Gasteiger partial charge on any atom is 0.288 e. The van der Waals surface area contributed by atoms with Crippen LogP contribution < -0.4 is 4.74 Å². The molecule has 3 aromatic rings. The van der Waals surface area contributed by atoms with Crippen molar-refractivity contribution in [3.63, 3.8) is 0 Å². The van der Waals surface area contributed by atoms with E-state index in [2.05, 4.69) is 17.2 Å². The van der Waals surface area contributed by atoms with Crippen molar-refractivity contribution in [2.75, 3.05) is 20.2 Å². The molecule has 1 amide bonds. The van der Waals surface area contributed by atoms with Crippen molar-refractivity contribution in [3.05, 3.63) is 59.8 Å². The first-order chi connectivity index (χ1) is 14.0. The highest BCUT2D eigenvalue weighted by atomic mass is 32.2. The van der Waals surface area contributed by atoms with Gasteiger partial charge < -0.3 is 14.6 Å². The summed E-state index contributed by atoms with van der Waals surface area (Å²) in [5.41, 5.74) is 2.89. The van der Waals surface area contributed by atoms with E-state index in [1.165, 1.54) is 10.9 Å².